The minimum absolute atomic E-state index is 0.205. The molecule has 0 heterocycles. The lowest BCUT2D eigenvalue weighted by molar-refractivity contribution is 0.471. The molecule has 0 saturated heterocycles. The fraction of sp³-hybridized carbons (Fsp3) is 0.400. The summed E-state index contributed by atoms with van der Waals surface area (Å²) in [5, 5.41) is 9.82. The van der Waals surface area contributed by atoms with E-state index in [1.54, 1.807) is 0 Å². The smallest absolute Gasteiger partial charge is 0.137 e. The molecule has 0 aliphatic carbocycles. The summed E-state index contributed by atoms with van der Waals surface area (Å²) in [5.41, 5.74) is 2.05. The van der Waals surface area contributed by atoms with Gasteiger partial charge in [-0.1, -0.05) is 31.0 Å². The summed E-state index contributed by atoms with van der Waals surface area (Å²) in [6.07, 6.45) is 2.11. The molecule has 0 atom stereocenters. The number of hydrogen-bond donors (Lipinski definition) is 1. The van der Waals surface area contributed by atoms with Gasteiger partial charge in [-0.25, -0.2) is 0 Å². The first kappa shape index (κ1) is 9.40. The van der Waals surface area contributed by atoms with Crippen LogP contribution in [-0.4, -0.2) is 5.11 Å². The quantitative estimate of drug-likeness (QED) is 0.748. The number of hydrogen-bond acceptors (Lipinski definition) is 1. The van der Waals surface area contributed by atoms with Crippen molar-refractivity contribution in [2.24, 2.45) is 0 Å². The molecule has 0 unspecified atom stereocenters. The maximum Gasteiger partial charge on any atom is 0.137 e. The highest BCUT2D eigenvalue weighted by Gasteiger charge is 2.03. The van der Waals surface area contributed by atoms with E-state index in [0.717, 1.165) is 18.4 Å². The van der Waals surface area contributed by atoms with Crippen LogP contribution >= 0.6 is 11.6 Å². The highest BCUT2D eigenvalue weighted by Crippen LogP contribution is 2.28. The van der Waals surface area contributed by atoms with E-state index in [1.165, 1.54) is 5.56 Å². The molecule has 1 aromatic rings. The summed E-state index contributed by atoms with van der Waals surface area (Å²) in [7, 11) is 0. The number of phenolic OH excluding ortho intramolecular Hbond substituents is 1. The molecule has 1 aromatic carbocycles. The monoisotopic (exact) mass is 184 g/mol. The number of phenols is 1. The minimum atomic E-state index is 0.205. The van der Waals surface area contributed by atoms with Crippen LogP contribution in [0, 0.1) is 6.92 Å². The standard InChI is InChI=1S/C10H13ClO/c1-3-4-8-5-7(2)10(12)9(11)6-8/h5-6,12H,3-4H2,1-2H3. The van der Waals surface area contributed by atoms with Gasteiger partial charge in [0.25, 0.3) is 0 Å². The van der Waals surface area contributed by atoms with Gasteiger partial charge in [-0.2, -0.15) is 0 Å². The Labute approximate surface area is 78.0 Å². The Morgan fingerprint density at radius 1 is 1.42 bits per heavy atom. The van der Waals surface area contributed by atoms with Gasteiger partial charge in [0.15, 0.2) is 0 Å². The summed E-state index contributed by atoms with van der Waals surface area (Å²) >= 11 is 5.80. The van der Waals surface area contributed by atoms with Crippen LogP contribution in [0.25, 0.3) is 0 Å². The average molecular weight is 185 g/mol. The molecule has 0 saturated carbocycles. The van der Waals surface area contributed by atoms with Gasteiger partial charge in [-0.3, -0.25) is 0 Å². The topological polar surface area (TPSA) is 20.2 Å². The van der Waals surface area contributed by atoms with Gasteiger partial charge >= 0.3 is 0 Å². The second kappa shape index (κ2) is 3.81. The molecule has 1 N–H and O–H groups in total. The zero-order valence-corrected chi connectivity index (χ0v) is 8.15. The van der Waals surface area contributed by atoms with Gasteiger partial charge in [-0.05, 0) is 30.5 Å². The van der Waals surface area contributed by atoms with Gasteiger partial charge in [0.1, 0.15) is 5.75 Å². The van der Waals surface area contributed by atoms with Crippen molar-refractivity contribution in [3.63, 3.8) is 0 Å². The van der Waals surface area contributed by atoms with Crippen LogP contribution in [0.5, 0.6) is 5.75 Å². The molecule has 2 heteroatoms. The van der Waals surface area contributed by atoms with Crippen molar-refractivity contribution >= 4 is 11.6 Å². The highest BCUT2D eigenvalue weighted by molar-refractivity contribution is 6.32. The first-order valence-corrected chi connectivity index (χ1v) is 4.51. The number of halogens is 1. The van der Waals surface area contributed by atoms with Crippen LogP contribution in [0.15, 0.2) is 12.1 Å². The zero-order valence-electron chi connectivity index (χ0n) is 7.39. The highest BCUT2D eigenvalue weighted by atomic mass is 35.5. The van der Waals surface area contributed by atoms with Gasteiger partial charge in [-0.15, -0.1) is 0 Å². The zero-order chi connectivity index (χ0) is 9.14. The number of rotatable bonds is 2. The lowest BCUT2D eigenvalue weighted by Gasteiger charge is -2.04. The average Bonchev–Trinajstić information content (AvgIpc) is 2.01. The predicted molar refractivity (Wildman–Crippen MR) is 51.8 cm³/mol. The van der Waals surface area contributed by atoms with Crippen molar-refractivity contribution in [2.45, 2.75) is 26.7 Å². The summed E-state index contributed by atoms with van der Waals surface area (Å²) in [5.74, 6) is 0.205. The molecule has 12 heavy (non-hydrogen) atoms. The second-order valence-electron chi connectivity index (χ2n) is 2.99. The summed E-state index contributed by atoms with van der Waals surface area (Å²) in [4.78, 5) is 0. The molecule has 0 bridgehead atoms. The maximum absolute atomic E-state index is 9.37. The van der Waals surface area contributed by atoms with E-state index in [9.17, 15) is 5.11 Å². The third kappa shape index (κ3) is 1.92. The normalized spacial score (nSPS) is 10.2. The van der Waals surface area contributed by atoms with Crippen molar-refractivity contribution in [1.82, 2.24) is 0 Å². The summed E-state index contributed by atoms with van der Waals surface area (Å²) < 4.78 is 0. The maximum atomic E-state index is 9.37. The lowest BCUT2D eigenvalue weighted by Crippen LogP contribution is -1.85. The van der Waals surface area contributed by atoms with Gasteiger partial charge in [0.2, 0.25) is 0 Å². The fourth-order valence-corrected chi connectivity index (χ4v) is 1.53. The molecule has 0 radical (unpaired) electrons. The fourth-order valence-electron chi connectivity index (χ4n) is 1.24. The molecular formula is C10H13ClO. The van der Waals surface area contributed by atoms with Crippen molar-refractivity contribution in [1.29, 1.82) is 0 Å². The second-order valence-corrected chi connectivity index (χ2v) is 3.40. The molecule has 0 aliphatic rings. The minimum Gasteiger partial charge on any atom is -0.506 e. The third-order valence-corrected chi connectivity index (χ3v) is 2.14. The molecular weight excluding hydrogens is 172 g/mol. The SMILES string of the molecule is CCCc1cc(C)c(O)c(Cl)c1. The summed E-state index contributed by atoms with van der Waals surface area (Å²) in [6.45, 7) is 3.98. The summed E-state index contributed by atoms with van der Waals surface area (Å²) in [6, 6.07) is 3.80. The third-order valence-electron chi connectivity index (χ3n) is 1.85. The van der Waals surface area contributed by atoms with Crippen molar-refractivity contribution in [3.05, 3.63) is 28.3 Å². The van der Waals surface area contributed by atoms with Crippen LogP contribution in [-0.2, 0) is 6.42 Å². The molecule has 0 spiro atoms. The first-order valence-electron chi connectivity index (χ1n) is 4.13. The van der Waals surface area contributed by atoms with E-state index in [4.69, 9.17) is 11.6 Å². The Morgan fingerprint density at radius 2 is 2.08 bits per heavy atom. The number of benzene rings is 1. The molecule has 1 rings (SSSR count). The Balaban J connectivity index is 3.04. The van der Waals surface area contributed by atoms with E-state index in [0.29, 0.717) is 5.02 Å². The van der Waals surface area contributed by atoms with Crippen molar-refractivity contribution in [2.75, 3.05) is 0 Å². The number of aryl methyl sites for hydroxylation is 2. The van der Waals surface area contributed by atoms with Gasteiger partial charge in [0, 0.05) is 0 Å². The van der Waals surface area contributed by atoms with E-state index in [2.05, 4.69) is 6.92 Å². The molecule has 0 fully saturated rings. The van der Waals surface area contributed by atoms with Crippen LogP contribution in [0.1, 0.15) is 24.5 Å². The van der Waals surface area contributed by atoms with Gasteiger partial charge in [0.05, 0.1) is 5.02 Å². The van der Waals surface area contributed by atoms with Crippen LogP contribution < -0.4 is 0 Å². The largest absolute Gasteiger partial charge is 0.506 e. The molecule has 0 aromatic heterocycles. The number of aromatic hydroxyl groups is 1. The van der Waals surface area contributed by atoms with Crippen LogP contribution in [0.3, 0.4) is 0 Å². The molecule has 0 amide bonds. The Kier molecular flexibility index (Phi) is 2.99. The van der Waals surface area contributed by atoms with Gasteiger partial charge < -0.3 is 5.11 Å². The molecule has 66 valence electrons. The Bertz CT molecular complexity index is 258. The van der Waals surface area contributed by atoms with E-state index >= 15 is 0 Å². The molecule has 0 aliphatic heterocycles. The van der Waals surface area contributed by atoms with E-state index < -0.39 is 0 Å². The first-order chi connectivity index (χ1) is 5.65. The van der Waals surface area contributed by atoms with Crippen LogP contribution in [0.2, 0.25) is 5.02 Å². The lowest BCUT2D eigenvalue weighted by atomic mass is 10.1. The Hall–Kier alpha value is -0.690. The van der Waals surface area contributed by atoms with Crippen molar-refractivity contribution < 1.29 is 5.11 Å². The van der Waals surface area contributed by atoms with E-state index in [-0.39, 0.29) is 5.75 Å². The van der Waals surface area contributed by atoms with Crippen LogP contribution in [0.4, 0.5) is 0 Å². The Morgan fingerprint density at radius 3 is 2.58 bits per heavy atom. The van der Waals surface area contributed by atoms with Crippen molar-refractivity contribution in [3.8, 4) is 5.75 Å². The molecule has 1 nitrogen and oxygen atoms in total. The van der Waals surface area contributed by atoms with E-state index in [1.807, 2.05) is 19.1 Å². The predicted octanol–water partition coefficient (Wildman–Crippen LogP) is 3.31.